The molecule has 0 fully saturated rings. The van der Waals surface area contributed by atoms with E-state index in [2.05, 4.69) is 44.0 Å². The molecule has 0 aliphatic carbocycles. The minimum absolute atomic E-state index is 0.330. The van der Waals surface area contributed by atoms with Crippen molar-refractivity contribution in [1.29, 1.82) is 0 Å². The zero-order valence-corrected chi connectivity index (χ0v) is 16.3. The third-order valence-corrected chi connectivity index (χ3v) is 4.95. The Morgan fingerprint density at radius 2 is 1.92 bits per heavy atom. The first-order chi connectivity index (χ1) is 11.8. The molecule has 1 unspecified atom stereocenters. The Kier molecular flexibility index (Phi) is 6.38. The second kappa shape index (κ2) is 8.30. The van der Waals surface area contributed by atoms with E-state index in [1.165, 1.54) is 11.1 Å². The highest BCUT2D eigenvalue weighted by Crippen LogP contribution is 2.26. The summed E-state index contributed by atoms with van der Waals surface area (Å²) in [6.45, 7) is 8.34. The van der Waals surface area contributed by atoms with Crippen molar-refractivity contribution in [3.8, 4) is 0 Å². The molecule has 0 heterocycles. The maximum Gasteiger partial charge on any atom is 0.280 e. The summed E-state index contributed by atoms with van der Waals surface area (Å²) in [7, 11) is 1.92. The van der Waals surface area contributed by atoms with Crippen molar-refractivity contribution in [2.24, 2.45) is 4.99 Å². The molecule has 2 rings (SSSR count). The third-order valence-electron chi connectivity index (χ3n) is 4.62. The fourth-order valence-corrected chi connectivity index (χ4v) is 2.90. The lowest BCUT2D eigenvalue weighted by molar-refractivity contribution is 0.100. The van der Waals surface area contributed by atoms with Crippen molar-refractivity contribution in [1.82, 2.24) is 0 Å². The highest BCUT2D eigenvalue weighted by atomic mass is 35.5. The van der Waals surface area contributed by atoms with Crippen LogP contribution in [-0.2, 0) is 0 Å². The summed E-state index contributed by atoms with van der Waals surface area (Å²) in [6, 6.07) is 13.4. The number of hydrogen-bond acceptors (Lipinski definition) is 1. The van der Waals surface area contributed by atoms with Gasteiger partial charge in [0, 0.05) is 12.7 Å². The van der Waals surface area contributed by atoms with Gasteiger partial charge in [-0.1, -0.05) is 49.7 Å². The Labute approximate surface area is 155 Å². The molecule has 0 bridgehead atoms. The molecule has 0 radical (unpaired) electrons. The first-order valence-corrected chi connectivity index (χ1v) is 8.91. The molecule has 0 saturated heterocycles. The van der Waals surface area contributed by atoms with Gasteiger partial charge in [0.15, 0.2) is 0 Å². The van der Waals surface area contributed by atoms with Gasteiger partial charge in [-0.3, -0.25) is 4.79 Å². The van der Waals surface area contributed by atoms with Gasteiger partial charge in [0.2, 0.25) is 0 Å². The van der Waals surface area contributed by atoms with Crippen molar-refractivity contribution in [3.63, 3.8) is 0 Å². The van der Waals surface area contributed by atoms with Gasteiger partial charge in [-0.25, -0.2) is 0 Å². The second-order valence-corrected chi connectivity index (χ2v) is 6.77. The Morgan fingerprint density at radius 1 is 1.24 bits per heavy atom. The summed E-state index contributed by atoms with van der Waals surface area (Å²) in [6.07, 6.45) is 1.11. The van der Waals surface area contributed by atoms with Crippen molar-refractivity contribution in [3.05, 3.63) is 64.2 Å². The molecule has 3 nitrogen and oxygen atoms in total. The van der Waals surface area contributed by atoms with Gasteiger partial charge in [0.05, 0.1) is 10.6 Å². The van der Waals surface area contributed by atoms with Crippen molar-refractivity contribution in [2.45, 2.75) is 40.0 Å². The molecule has 0 N–H and O–H groups in total. The van der Waals surface area contributed by atoms with Crippen LogP contribution < -0.4 is 4.90 Å². The maximum absolute atomic E-state index is 12.4. The Hall–Kier alpha value is -2.13. The van der Waals surface area contributed by atoms with Crippen LogP contribution in [0.1, 0.15) is 54.6 Å². The van der Waals surface area contributed by atoms with Crippen molar-refractivity contribution >= 4 is 29.0 Å². The quantitative estimate of drug-likeness (QED) is 0.508. The van der Waals surface area contributed by atoms with Gasteiger partial charge in [-0.2, -0.15) is 4.99 Å². The molecular formula is C21H25ClN2O. The normalized spacial score (nSPS) is 12.8. The number of carbonyl (C=O) groups is 1. The molecule has 0 saturated carbocycles. The van der Waals surface area contributed by atoms with Crippen LogP contribution in [-0.4, -0.2) is 18.8 Å². The van der Waals surface area contributed by atoms with Gasteiger partial charge in [0.25, 0.3) is 5.91 Å². The molecule has 1 amide bonds. The molecule has 0 aliphatic heterocycles. The highest BCUT2D eigenvalue weighted by molar-refractivity contribution is 6.34. The molecule has 1 atom stereocenters. The fraction of sp³-hybridized carbons (Fsp3) is 0.333. The first-order valence-electron chi connectivity index (χ1n) is 8.53. The molecule has 25 heavy (non-hydrogen) atoms. The largest absolute Gasteiger partial charge is 0.333 e. The maximum atomic E-state index is 12.4. The lowest BCUT2D eigenvalue weighted by Gasteiger charge is -2.22. The van der Waals surface area contributed by atoms with Gasteiger partial charge >= 0.3 is 0 Å². The molecule has 2 aromatic rings. The molecule has 0 spiro atoms. The molecule has 0 aliphatic rings. The zero-order valence-electron chi connectivity index (χ0n) is 15.5. The third kappa shape index (κ3) is 4.49. The summed E-state index contributed by atoms with van der Waals surface area (Å²) in [4.78, 5) is 18.5. The molecule has 0 aromatic heterocycles. The van der Waals surface area contributed by atoms with Crippen LogP contribution in [0.3, 0.4) is 0 Å². The number of aryl methyl sites for hydroxylation is 1. The predicted molar refractivity (Wildman–Crippen MR) is 107 cm³/mol. The van der Waals surface area contributed by atoms with E-state index in [1.807, 2.05) is 18.9 Å². The van der Waals surface area contributed by atoms with E-state index in [1.54, 1.807) is 24.3 Å². The lowest BCUT2D eigenvalue weighted by atomic mass is 9.96. The van der Waals surface area contributed by atoms with Gasteiger partial charge < -0.3 is 4.90 Å². The van der Waals surface area contributed by atoms with Crippen LogP contribution in [0.5, 0.6) is 0 Å². The first kappa shape index (κ1) is 19.2. The average molecular weight is 357 g/mol. The predicted octanol–water partition coefficient (Wildman–Crippen LogP) is 5.86. The number of carbonyl (C=O) groups excluding carboxylic acids is 1. The monoisotopic (exact) mass is 356 g/mol. The highest BCUT2D eigenvalue weighted by Gasteiger charge is 2.13. The number of halogens is 1. The number of anilines is 1. The molecule has 132 valence electrons. The molecule has 2 aromatic carbocycles. The fourth-order valence-electron chi connectivity index (χ4n) is 2.69. The number of aliphatic imine (C=N–C) groups is 1. The lowest BCUT2D eigenvalue weighted by Crippen LogP contribution is -2.25. The average Bonchev–Trinajstić information content (AvgIpc) is 2.60. The zero-order chi connectivity index (χ0) is 18.6. The van der Waals surface area contributed by atoms with E-state index in [9.17, 15) is 4.79 Å². The minimum Gasteiger partial charge on any atom is -0.333 e. The number of amides is 1. The summed E-state index contributed by atoms with van der Waals surface area (Å²) in [5.41, 5.74) is 3.96. The molecular weight excluding hydrogens is 332 g/mol. The van der Waals surface area contributed by atoms with Crippen molar-refractivity contribution in [2.75, 3.05) is 11.9 Å². The summed E-state index contributed by atoms with van der Waals surface area (Å²) < 4.78 is 0. The Morgan fingerprint density at radius 3 is 2.52 bits per heavy atom. The van der Waals surface area contributed by atoms with E-state index < -0.39 is 0 Å². The van der Waals surface area contributed by atoms with E-state index in [0.717, 1.165) is 12.1 Å². The summed E-state index contributed by atoms with van der Waals surface area (Å²) in [5.74, 6) is 0.836. The number of benzene rings is 2. The van der Waals surface area contributed by atoms with Gasteiger partial charge in [-0.05, 0) is 55.5 Å². The number of nitrogens with zero attached hydrogens (tertiary/aromatic N) is 2. The second-order valence-electron chi connectivity index (χ2n) is 6.36. The topological polar surface area (TPSA) is 32.7 Å². The SMILES string of the molecule is CCC(C)c1ccc(N(C)C(C)=NC(=O)c2ccccc2Cl)c(C)c1. The Balaban J connectivity index is 2.26. The summed E-state index contributed by atoms with van der Waals surface area (Å²) >= 11 is 6.08. The number of amidine groups is 1. The minimum atomic E-state index is -0.330. The van der Waals surface area contributed by atoms with E-state index in [4.69, 9.17) is 11.6 Å². The van der Waals surface area contributed by atoms with Gasteiger partial charge in [0.1, 0.15) is 5.84 Å². The number of hydrogen-bond donors (Lipinski definition) is 0. The molecule has 4 heteroatoms. The van der Waals surface area contributed by atoms with Crippen LogP contribution in [0.15, 0.2) is 47.5 Å². The van der Waals surface area contributed by atoms with E-state index in [-0.39, 0.29) is 5.91 Å². The van der Waals surface area contributed by atoms with Crippen LogP contribution in [0.25, 0.3) is 0 Å². The van der Waals surface area contributed by atoms with Crippen LogP contribution in [0, 0.1) is 6.92 Å². The van der Waals surface area contributed by atoms with Crippen LogP contribution in [0.2, 0.25) is 5.02 Å². The van der Waals surface area contributed by atoms with Crippen LogP contribution in [0.4, 0.5) is 5.69 Å². The Bertz CT molecular complexity index is 798. The van der Waals surface area contributed by atoms with Crippen LogP contribution >= 0.6 is 11.6 Å². The van der Waals surface area contributed by atoms with Crippen molar-refractivity contribution < 1.29 is 4.79 Å². The number of rotatable bonds is 4. The van der Waals surface area contributed by atoms with E-state index >= 15 is 0 Å². The standard InChI is InChI=1S/C21H25ClN2O/c1-6-14(2)17-11-12-20(15(3)13-17)24(5)16(4)23-21(25)18-9-7-8-10-19(18)22/h7-14H,6H2,1-5H3. The smallest absolute Gasteiger partial charge is 0.280 e. The van der Waals surface area contributed by atoms with E-state index in [0.29, 0.717) is 22.3 Å². The summed E-state index contributed by atoms with van der Waals surface area (Å²) in [5, 5.41) is 0.417. The van der Waals surface area contributed by atoms with Gasteiger partial charge in [-0.15, -0.1) is 0 Å².